The molecule has 3 aromatic rings. The molecule has 0 amide bonds. The number of ether oxygens (including phenoxy) is 4. The van der Waals surface area contributed by atoms with E-state index < -0.39 is 5.60 Å². The van der Waals surface area contributed by atoms with Crippen LogP contribution in [0.4, 0.5) is 4.39 Å². The predicted molar refractivity (Wildman–Crippen MR) is 133 cm³/mol. The summed E-state index contributed by atoms with van der Waals surface area (Å²) in [6, 6.07) is 11.7. The smallest absolute Gasteiger partial charge is 0.161 e. The molecule has 2 aromatic carbocycles. The largest absolute Gasteiger partial charge is 0.493 e. The van der Waals surface area contributed by atoms with E-state index in [1.54, 1.807) is 25.4 Å². The molecule has 0 spiro atoms. The molecule has 0 aliphatic carbocycles. The molecule has 1 aliphatic heterocycles. The third-order valence-electron chi connectivity index (χ3n) is 6.12. The lowest BCUT2D eigenvalue weighted by Crippen LogP contribution is -2.48. The van der Waals surface area contributed by atoms with Crippen LogP contribution in [0, 0.1) is 12.7 Å². The average molecular weight is 500 g/mol. The molecular formula is C27H34FN3O5. The minimum Gasteiger partial charge on any atom is -0.493 e. The molecule has 0 bridgehead atoms. The highest BCUT2D eigenvalue weighted by molar-refractivity contribution is 5.43. The summed E-state index contributed by atoms with van der Waals surface area (Å²) in [7, 11) is 1.63. The maximum Gasteiger partial charge on any atom is 0.161 e. The SMILES string of the molecule is COc1cc(CN2CCOC[C@@](O)(COc3ccc(F)cc3)C2)ccc1OCCCn1ccnc1C. The Morgan fingerprint density at radius 2 is 1.97 bits per heavy atom. The molecule has 194 valence electrons. The van der Waals surface area contributed by atoms with Crippen LogP contribution >= 0.6 is 0 Å². The molecule has 2 heterocycles. The highest BCUT2D eigenvalue weighted by atomic mass is 19.1. The topological polar surface area (TPSA) is 78.2 Å². The quantitative estimate of drug-likeness (QED) is 0.405. The van der Waals surface area contributed by atoms with Gasteiger partial charge >= 0.3 is 0 Å². The van der Waals surface area contributed by atoms with Gasteiger partial charge in [0.2, 0.25) is 0 Å². The van der Waals surface area contributed by atoms with Crippen molar-refractivity contribution in [3.8, 4) is 17.2 Å². The number of β-amino-alcohol motifs (C(OH)–C–C–N with tert-alkyl or cyclic N) is 1. The van der Waals surface area contributed by atoms with Gasteiger partial charge in [-0.3, -0.25) is 4.90 Å². The van der Waals surface area contributed by atoms with E-state index >= 15 is 0 Å². The van der Waals surface area contributed by atoms with Gasteiger partial charge in [-0.15, -0.1) is 0 Å². The zero-order valence-electron chi connectivity index (χ0n) is 20.9. The number of hydrogen-bond acceptors (Lipinski definition) is 7. The van der Waals surface area contributed by atoms with Crippen LogP contribution < -0.4 is 14.2 Å². The second-order valence-corrected chi connectivity index (χ2v) is 9.09. The van der Waals surface area contributed by atoms with E-state index in [1.165, 1.54) is 12.1 Å². The monoisotopic (exact) mass is 499 g/mol. The number of halogens is 1. The van der Waals surface area contributed by atoms with Crippen molar-refractivity contribution >= 4 is 0 Å². The molecule has 4 rings (SSSR count). The second-order valence-electron chi connectivity index (χ2n) is 9.09. The fourth-order valence-electron chi connectivity index (χ4n) is 4.21. The lowest BCUT2D eigenvalue weighted by Gasteiger charge is -2.30. The molecule has 1 aliphatic rings. The molecule has 36 heavy (non-hydrogen) atoms. The Hall–Kier alpha value is -3.14. The van der Waals surface area contributed by atoms with Gasteiger partial charge in [0.1, 0.15) is 29.6 Å². The Balaban J connectivity index is 1.31. The Labute approximate surface area is 211 Å². The van der Waals surface area contributed by atoms with Crippen molar-refractivity contribution in [2.75, 3.05) is 46.6 Å². The first-order chi connectivity index (χ1) is 17.4. The van der Waals surface area contributed by atoms with Gasteiger partial charge < -0.3 is 28.6 Å². The van der Waals surface area contributed by atoms with Crippen molar-refractivity contribution in [1.29, 1.82) is 0 Å². The number of aliphatic hydroxyl groups is 1. The Morgan fingerprint density at radius 3 is 2.72 bits per heavy atom. The number of rotatable bonds is 11. The Bertz CT molecular complexity index is 1110. The Kier molecular flexibility index (Phi) is 8.79. The van der Waals surface area contributed by atoms with Crippen molar-refractivity contribution in [1.82, 2.24) is 14.5 Å². The summed E-state index contributed by atoms with van der Waals surface area (Å²) in [4.78, 5) is 6.36. The van der Waals surface area contributed by atoms with E-state index in [9.17, 15) is 9.50 Å². The van der Waals surface area contributed by atoms with Gasteiger partial charge in [0.15, 0.2) is 11.5 Å². The standard InChI is InChI=1S/C27H34FN3O5/c1-21-29-10-12-31(21)11-3-14-35-25-9-4-22(16-26(25)33-2)17-30-13-15-34-19-27(32,18-30)20-36-24-7-5-23(28)6-8-24/h4-10,12,16,32H,3,11,13-15,17-20H2,1-2H3/t27-/m1/s1. The third kappa shape index (κ3) is 7.19. The molecule has 1 aromatic heterocycles. The number of nitrogens with zero attached hydrogens (tertiary/aromatic N) is 3. The highest BCUT2D eigenvalue weighted by Gasteiger charge is 2.33. The van der Waals surface area contributed by atoms with Gasteiger partial charge in [-0.05, 0) is 55.3 Å². The van der Waals surface area contributed by atoms with Crippen molar-refractivity contribution in [3.05, 3.63) is 72.1 Å². The summed E-state index contributed by atoms with van der Waals surface area (Å²) in [5.74, 6) is 2.53. The van der Waals surface area contributed by atoms with Crippen molar-refractivity contribution in [2.45, 2.75) is 32.0 Å². The summed E-state index contributed by atoms with van der Waals surface area (Å²) in [5, 5.41) is 11.2. The fourth-order valence-corrected chi connectivity index (χ4v) is 4.21. The van der Waals surface area contributed by atoms with Crippen LogP contribution in [0.1, 0.15) is 17.8 Å². The summed E-state index contributed by atoms with van der Waals surface area (Å²) in [6.07, 6.45) is 4.62. The lowest BCUT2D eigenvalue weighted by atomic mass is 10.1. The van der Waals surface area contributed by atoms with Gasteiger partial charge in [-0.25, -0.2) is 9.37 Å². The lowest BCUT2D eigenvalue weighted by molar-refractivity contribution is -0.0646. The van der Waals surface area contributed by atoms with E-state index in [-0.39, 0.29) is 19.0 Å². The molecule has 1 saturated heterocycles. The first-order valence-corrected chi connectivity index (χ1v) is 12.1. The maximum absolute atomic E-state index is 13.1. The number of aryl methyl sites for hydroxylation is 2. The average Bonchev–Trinajstić information content (AvgIpc) is 3.19. The molecular weight excluding hydrogens is 465 g/mol. The van der Waals surface area contributed by atoms with E-state index in [4.69, 9.17) is 18.9 Å². The van der Waals surface area contributed by atoms with Crippen LogP contribution in [-0.4, -0.2) is 71.8 Å². The van der Waals surface area contributed by atoms with Gasteiger partial charge in [0.05, 0.1) is 26.9 Å². The van der Waals surface area contributed by atoms with Crippen molar-refractivity contribution in [2.24, 2.45) is 0 Å². The van der Waals surface area contributed by atoms with E-state index in [0.29, 0.717) is 50.1 Å². The number of aromatic nitrogens is 2. The normalized spacial score (nSPS) is 18.6. The number of imidazole rings is 1. The molecule has 0 saturated carbocycles. The minimum absolute atomic E-state index is 0.0455. The fraction of sp³-hybridized carbons (Fsp3) is 0.444. The number of hydrogen-bond donors (Lipinski definition) is 1. The number of methoxy groups -OCH3 is 1. The van der Waals surface area contributed by atoms with Crippen LogP contribution in [0.2, 0.25) is 0 Å². The van der Waals surface area contributed by atoms with Crippen LogP contribution in [-0.2, 0) is 17.8 Å². The summed E-state index contributed by atoms with van der Waals surface area (Å²) in [6.45, 7) is 5.78. The molecule has 0 unspecified atom stereocenters. The van der Waals surface area contributed by atoms with Crippen LogP contribution in [0.15, 0.2) is 54.9 Å². The first-order valence-electron chi connectivity index (χ1n) is 12.1. The third-order valence-corrected chi connectivity index (χ3v) is 6.12. The zero-order chi connectivity index (χ0) is 25.4. The van der Waals surface area contributed by atoms with E-state index in [2.05, 4.69) is 14.5 Å². The molecule has 9 heteroatoms. The maximum atomic E-state index is 13.1. The molecule has 8 nitrogen and oxygen atoms in total. The van der Waals surface area contributed by atoms with Crippen molar-refractivity contribution in [3.63, 3.8) is 0 Å². The zero-order valence-corrected chi connectivity index (χ0v) is 20.9. The summed E-state index contributed by atoms with van der Waals surface area (Å²) in [5.41, 5.74) is -0.150. The van der Waals surface area contributed by atoms with Gasteiger partial charge in [-0.2, -0.15) is 0 Å². The number of benzene rings is 2. The van der Waals surface area contributed by atoms with Gasteiger partial charge in [0.25, 0.3) is 0 Å². The Morgan fingerprint density at radius 1 is 1.14 bits per heavy atom. The van der Waals surface area contributed by atoms with Crippen molar-refractivity contribution < 1.29 is 28.4 Å². The first kappa shape index (κ1) is 25.9. The van der Waals surface area contributed by atoms with Crippen LogP contribution in [0.5, 0.6) is 17.2 Å². The van der Waals surface area contributed by atoms with Crippen LogP contribution in [0.3, 0.4) is 0 Å². The second kappa shape index (κ2) is 12.2. The molecule has 1 fully saturated rings. The predicted octanol–water partition coefficient (Wildman–Crippen LogP) is 3.45. The molecule has 1 N–H and O–H groups in total. The van der Waals surface area contributed by atoms with E-state index in [0.717, 1.165) is 24.4 Å². The molecule has 1 atom stereocenters. The van der Waals surface area contributed by atoms with E-state index in [1.807, 2.05) is 31.3 Å². The van der Waals surface area contributed by atoms with Gasteiger partial charge in [0, 0.05) is 38.6 Å². The van der Waals surface area contributed by atoms with Gasteiger partial charge in [-0.1, -0.05) is 6.07 Å². The summed E-state index contributed by atoms with van der Waals surface area (Å²) < 4.78 is 38.2. The highest BCUT2D eigenvalue weighted by Crippen LogP contribution is 2.29. The van der Waals surface area contributed by atoms with Crippen LogP contribution in [0.25, 0.3) is 0 Å². The molecule has 0 radical (unpaired) electrons. The summed E-state index contributed by atoms with van der Waals surface area (Å²) >= 11 is 0. The minimum atomic E-state index is -1.19.